The van der Waals surface area contributed by atoms with Gasteiger partial charge in [-0.05, 0) is 37.1 Å². The minimum atomic E-state index is 0.139. The molecule has 1 heterocycles. The van der Waals surface area contributed by atoms with E-state index in [0.29, 0.717) is 12.2 Å². The molecule has 4 nitrogen and oxygen atoms in total. The molecule has 25 heavy (non-hydrogen) atoms. The molecule has 142 valence electrons. The third kappa shape index (κ3) is 8.19. The van der Waals surface area contributed by atoms with Gasteiger partial charge < -0.3 is 10.2 Å². The van der Waals surface area contributed by atoms with Gasteiger partial charge in [-0.25, -0.2) is 0 Å². The van der Waals surface area contributed by atoms with Gasteiger partial charge in [0, 0.05) is 36.3 Å². The molecule has 0 spiro atoms. The highest BCUT2D eigenvalue weighted by Gasteiger charge is 2.26. The molecular weight excluding hydrogens is 312 g/mol. The van der Waals surface area contributed by atoms with Crippen LogP contribution in [0.3, 0.4) is 0 Å². The average Bonchev–Trinajstić information content (AvgIpc) is 2.64. The number of hydrogen-bond donors (Lipinski definition) is 1. The van der Waals surface area contributed by atoms with Crippen molar-refractivity contribution in [1.29, 1.82) is 0 Å². The summed E-state index contributed by atoms with van der Waals surface area (Å²) in [6, 6.07) is 7.82. The number of amides is 1. The zero-order valence-electron chi connectivity index (χ0n) is 16.8. The smallest absolute Gasteiger partial charge is 0.211 e. The molecule has 0 aliphatic carbocycles. The zero-order valence-corrected chi connectivity index (χ0v) is 16.8. The van der Waals surface area contributed by atoms with Crippen LogP contribution in [0.2, 0.25) is 0 Å². The van der Waals surface area contributed by atoms with Crippen LogP contribution in [0, 0.1) is 11.8 Å². The summed E-state index contributed by atoms with van der Waals surface area (Å²) in [6.45, 7) is 14.0. The minimum Gasteiger partial charge on any atom is -0.371 e. The topological polar surface area (TPSA) is 49.4 Å². The van der Waals surface area contributed by atoms with Crippen molar-refractivity contribution < 1.29 is 9.59 Å². The largest absolute Gasteiger partial charge is 0.371 e. The van der Waals surface area contributed by atoms with E-state index in [9.17, 15) is 9.59 Å². The van der Waals surface area contributed by atoms with E-state index in [2.05, 4.69) is 24.1 Å². The maximum Gasteiger partial charge on any atom is 0.211 e. The number of Topliss-reactive ketones (excluding diaryl/α,β-unsaturated/α-hetero) is 1. The highest BCUT2D eigenvalue weighted by molar-refractivity contribution is 5.83. The van der Waals surface area contributed by atoms with E-state index < -0.39 is 0 Å². The summed E-state index contributed by atoms with van der Waals surface area (Å²) in [6.07, 6.45) is 3.80. The Morgan fingerprint density at radius 2 is 1.64 bits per heavy atom. The van der Waals surface area contributed by atoms with Gasteiger partial charge in [0.1, 0.15) is 5.78 Å². The van der Waals surface area contributed by atoms with Crippen LogP contribution in [-0.4, -0.2) is 25.3 Å². The molecule has 1 amide bonds. The molecule has 0 bridgehead atoms. The molecule has 1 fully saturated rings. The van der Waals surface area contributed by atoms with Crippen LogP contribution in [0.25, 0.3) is 0 Å². The molecule has 2 rings (SSSR count). The fourth-order valence-corrected chi connectivity index (χ4v) is 2.73. The molecule has 0 aromatic heterocycles. The lowest BCUT2D eigenvalue weighted by atomic mass is 9.87. The van der Waals surface area contributed by atoms with E-state index in [4.69, 9.17) is 0 Å². The van der Waals surface area contributed by atoms with Gasteiger partial charge in [-0.2, -0.15) is 0 Å². The highest BCUT2D eigenvalue weighted by Crippen LogP contribution is 2.26. The van der Waals surface area contributed by atoms with E-state index in [-0.39, 0.29) is 11.8 Å². The molecule has 0 atom stereocenters. The highest BCUT2D eigenvalue weighted by atomic mass is 16.1. The molecule has 1 aliphatic rings. The van der Waals surface area contributed by atoms with E-state index in [1.165, 1.54) is 6.42 Å². The Bertz CT molecular complexity index is 475. The quantitative estimate of drug-likeness (QED) is 0.750. The Hall–Kier alpha value is -1.84. The number of benzene rings is 1. The number of nitrogens with one attached hydrogen (secondary N) is 1. The second-order valence-electron chi connectivity index (χ2n) is 6.33. The number of carbonyl (C=O) groups excluding carboxylic acids is 2. The molecule has 1 aromatic carbocycles. The van der Waals surface area contributed by atoms with Gasteiger partial charge in [0.15, 0.2) is 0 Å². The number of piperidine rings is 1. The second-order valence-corrected chi connectivity index (χ2v) is 6.33. The first-order valence-corrected chi connectivity index (χ1v) is 9.62. The first-order chi connectivity index (χ1) is 12.0. The summed E-state index contributed by atoms with van der Waals surface area (Å²) in [5.41, 5.74) is 1.95. The van der Waals surface area contributed by atoms with Crippen molar-refractivity contribution in [3.05, 3.63) is 24.3 Å². The van der Waals surface area contributed by atoms with E-state index in [1.54, 1.807) is 0 Å². The molecule has 1 saturated heterocycles. The SMILES string of the molecule is CC.CC(C)C(=O)C1CCN(c2ccc(NC=O)cc2)CC1.CCC. The fourth-order valence-electron chi connectivity index (χ4n) is 2.73. The Morgan fingerprint density at radius 3 is 2.04 bits per heavy atom. The van der Waals surface area contributed by atoms with Crippen molar-refractivity contribution in [1.82, 2.24) is 0 Å². The van der Waals surface area contributed by atoms with Crippen molar-refractivity contribution >= 4 is 23.6 Å². The summed E-state index contributed by atoms with van der Waals surface area (Å²) < 4.78 is 0. The van der Waals surface area contributed by atoms with Crippen LogP contribution >= 0.6 is 0 Å². The number of carbonyl (C=O) groups is 2. The standard InChI is InChI=1S/C16H22N2O2.C3H8.C2H6/c1-12(2)16(20)13-7-9-18(10-8-13)15-5-3-14(4-6-15)17-11-19;1-3-2;1-2/h3-6,11-13H,7-10H2,1-2H3,(H,17,19);3H2,1-2H3;1-2H3. The third-order valence-electron chi connectivity index (χ3n) is 3.92. The van der Waals surface area contributed by atoms with Crippen molar-refractivity contribution in [2.75, 3.05) is 23.3 Å². The summed E-state index contributed by atoms with van der Waals surface area (Å²) in [5, 5.41) is 2.63. The predicted molar refractivity (Wildman–Crippen MR) is 108 cm³/mol. The summed E-state index contributed by atoms with van der Waals surface area (Å²) >= 11 is 0. The van der Waals surface area contributed by atoms with Gasteiger partial charge in [-0.15, -0.1) is 0 Å². The maximum absolute atomic E-state index is 12.0. The number of rotatable bonds is 5. The maximum atomic E-state index is 12.0. The van der Waals surface area contributed by atoms with Crippen molar-refractivity contribution in [2.45, 2.75) is 60.8 Å². The number of ketones is 1. The number of nitrogens with zero attached hydrogens (tertiary/aromatic N) is 1. The molecule has 0 radical (unpaired) electrons. The number of hydrogen-bond acceptors (Lipinski definition) is 3. The number of anilines is 2. The predicted octanol–water partition coefficient (Wildman–Crippen LogP) is 5.14. The van der Waals surface area contributed by atoms with Gasteiger partial charge in [0.2, 0.25) is 6.41 Å². The van der Waals surface area contributed by atoms with E-state index in [0.717, 1.165) is 37.3 Å². The van der Waals surface area contributed by atoms with Crippen molar-refractivity contribution in [2.24, 2.45) is 11.8 Å². The zero-order chi connectivity index (χ0) is 19.2. The first-order valence-electron chi connectivity index (χ1n) is 9.62. The lowest BCUT2D eigenvalue weighted by molar-refractivity contribution is -0.126. The minimum absolute atomic E-state index is 0.139. The molecule has 4 heteroatoms. The molecule has 1 N–H and O–H groups in total. The summed E-state index contributed by atoms with van der Waals surface area (Å²) in [5.74, 6) is 0.762. The Labute approximate surface area is 154 Å². The van der Waals surface area contributed by atoms with Crippen LogP contribution < -0.4 is 10.2 Å². The van der Waals surface area contributed by atoms with Crippen LogP contribution in [0.1, 0.15) is 60.8 Å². The molecular formula is C21H36N2O2. The third-order valence-corrected chi connectivity index (χ3v) is 3.92. The monoisotopic (exact) mass is 348 g/mol. The van der Waals surface area contributed by atoms with Gasteiger partial charge in [-0.1, -0.05) is 48.0 Å². The molecule has 0 saturated carbocycles. The normalized spacial score (nSPS) is 14.0. The van der Waals surface area contributed by atoms with E-state index >= 15 is 0 Å². The summed E-state index contributed by atoms with van der Waals surface area (Å²) in [4.78, 5) is 24.7. The van der Waals surface area contributed by atoms with Crippen molar-refractivity contribution in [3.63, 3.8) is 0 Å². The van der Waals surface area contributed by atoms with Crippen LogP contribution in [0.4, 0.5) is 11.4 Å². The Balaban J connectivity index is 0.00000104. The van der Waals surface area contributed by atoms with E-state index in [1.807, 2.05) is 52.0 Å². The summed E-state index contributed by atoms with van der Waals surface area (Å²) in [7, 11) is 0. The molecule has 1 aliphatic heterocycles. The second kappa shape index (κ2) is 13.5. The first kappa shape index (κ1) is 23.2. The molecule has 1 aromatic rings. The van der Waals surface area contributed by atoms with Crippen LogP contribution in [-0.2, 0) is 9.59 Å². The van der Waals surface area contributed by atoms with Crippen LogP contribution in [0.5, 0.6) is 0 Å². The van der Waals surface area contributed by atoms with Gasteiger partial charge in [0.25, 0.3) is 0 Å². The van der Waals surface area contributed by atoms with Gasteiger partial charge >= 0.3 is 0 Å². The van der Waals surface area contributed by atoms with Gasteiger partial charge in [0.05, 0.1) is 0 Å². The fraction of sp³-hybridized carbons (Fsp3) is 0.619. The van der Waals surface area contributed by atoms with Gasteiger partial charge in [-0.3, -0.25) is 9.59 Å². The Kier molecular flexibility index (Phi) is 12.5. The molecule has 0 unspecified atom stereocenters. The lowest BCUT2D eigenvalue weighted by Crippen LogP contribution is -2.37. The lowest BCUT2D eigenvalue weighted by Gasteiger charge is -2.33. The average molecular weight is 349 g/mol. The Morgan fingerprint density at radius 1 is 1.16 bits per heavy atom. The van der Waals surface area contributed by atoms with Crippen LogP contribution in [0.15, 0.2) is 24.3 Å². The van der Waals surface area contributed by atoms with Crippen molar-refractivity contribution in [3.8, 4) is 0 Å².